The van der Waals surface area contributed by atoms with Gasteiger partial charge >= 0.3 is 0 Å². The molecule has 1 saturated heterocycles. The zero-order chi connectivity index (χ0) is 13.2. The van der Waals surface area contributed by atoms with Gasteiger partial charge in [-0.2, -0.15) is 0 Å². The van der Waals surface area contributed by atoms with Crippen molar-refractivity contribution in [1.29, 1.82) is 0 Å². The van der Waals surface area contributed by atoms with E-state index in [2.05, 4.69) is 0 Å². The van der Waals surface area contributed by atoms with Crippen molar-refractivity contribution < 1.29 is 9.21 Å². The molecular weight excluding hydrogens is 240 g/mol. The fourth-order valence-electron chi connectivity index (χ4n) is 3.29. The molecule has 19 heavy (non-hydrogen) atoms. The van der Waals surface area contributed by atoms with Gasteiger partial charge in [-0.1, -0.05) is 0 Å². The number of likely N-dealkylation sites (tertiary alicyclic amines) is 1. The third-order valence-corrected chi connectivity index (χ3v) is 4.34. The van der Waals surface area contributed by atoms with Crippen LogP contribution in [-0.2, 0) is 4.79 Å². The van der Waals surface area contributed by atoms with Crippen LogP contribution in [0, 0.1) is 11.8 Å². The van der Waals surface area contributed by atoms with Crippen molar-refractivity contribution in [3.05, 3.63) is 30.2 Å². The molecule has 2 N–H and O–H groups in total. The number of amides is 1. The molecule has 0 radical (unpaired) electrons. The Hall–Kier alpha value is -1.55. The van der Waals surface area contributed by atoms with Gasteiger partial charge < -0.3 is 15.1 Å². The first kappa shape index (κ1) is 12.5. The van der Waals surface area contributed by atoms with E-state index in [-0.39, 0.29) is 5.91 Å². The standard InChI is InChI=1S/C15H20N2O2/c16-13-4-3-11-9-17(10-12(11)8-13)15(18)6-5-14-2-1-7-19-14/h1-2,5-7,11-13H,3-4,8-10,16H2/b6-5+/t11-,12+,13?/m1/s1. The minimum Gasteiger partial charge on any atom is -0.465 e. The Labute approximate surface area is 113 Å². The fourth-order valence-corrected chi connectivity index (χ4v) is 3.29. The van der Waals surface area contributed by atoms with E-state index in [1.165, 1.54) is 0 Å². The summed E-state index contributed by atoms with van der Waals surface area (Å²) in [5, 5.41) is 0. The van der Waals surface area contributed by atoms with Crippen molar-refractivity contribution in [3.63, 3.8) is 0 Å². The second-order valence-corrected chi connectivity index (χ2v) is 5.69. The number of fused-ring (bicyclic) bond motifs is 1. The molecule has 2 aliphatic rings. The van der Waals surface area contributed by atoms with E-state index in [9.17, 15) is 4.79 Å². The first-order valence-electron chi connectivity index (χ1n) is 6.98. The monoisotopic (exact) mass is 260 g/mol. The van der Waals surface area contributed by atoms with E-state index in [0.29, 0.717) is 23.6 Å². The minimum absolute atomic E-state index is 0.0828. The average molecular weight is 260 g/mol. The Morgan fingerprint density at radius 3 is 3.00 bits per heavy atom. The summed E-state index contributed by atoms with van der Waals surface area (Å²) in [6, 6.07) is 3.98. The maximum Gasteiger partial charge on any atom is 0.246 e. The van der Waals surface area contributed by atoms with Crippen molar-refractivity contribution in [3.8, 4) is 0 Å². The Morgan fingerprint density at radius 2 is 2.21 bits per heavy atom. The van der Waals surface area contributed by atoms with Crippen molar-refractivity contribution in [2.24, 2.45) is 17.6 Å². The second-order valence-electron chi connectivity index (χ2n) is 5.69. The van der Waals surface area contributed by atoms with Gasteiger partial charge in [-0.05, 0) is 49.3 Å². The Morgan fingerprint density at radius 1 is 1.37 bits per heavy atom. The molecule has 1 aliphatic carbocycles. The predicted octanol–water partition coefficient (Wildman–Crippen LogP) is 1.88. The second kappa shape index (κ2) is 5.21. The minimum atomic E-state index is 0.0828. The summed E-state index contributed by atoms with van der Waals surface area (Å²) in [5.74, 6) is 2.05. The van der Waals surface area contributed by atoms with Crippen LogP contribution in [0.5, 0.6) is 0 Å². The first-order valence-corrected chi connectivity index (χ1v) is 6.98. The molecule has 1 unspecified atom stereocenters. The van der Waals surface area contributed by atoms with Gasteiger partial charge in [0.05, 0.1) is 6.26 Å². The molecule has 4 heteroatoms. The normalized spacial score (nSPS) is 30.8. The molecule has 1 aromatic rings. The highest BCUT2D eigenvalue weighted by molar-refractivity contribution is 5.91. The number of carbonyl (C=O) groups excluding carboxylic acids is 1. The van der Waals surface area contributed by atoms with Crippen LogP contribution in [0.15, 0.2) is 28.9 Å². The van der Waals surface area contributed by atoms with Gasteiger partial charge in [0.15, 0.2) is 0 Å². The van der Waals surface area contributed by atoms with Crippen LogP contribution in [0.4, 0.5) is 0 Å². The zero-order valence-corrected chi connectivity index (χ0v) is 11.0. The van der Waals surface area contributed by atoms with E-state index in [1.807, 2.05) is 17.0 Å². The maximum absolute atomic E-state index is 12.1. The number of furan rings is 1. The lowest BCUT2D eigenvalue weighted by molar-refractivity contribution is -0.125. The number of rotatable bonds is 2. The van der Waals surface area contributed by atoms with Crippen LogP contribution in [0.2, 0.25) is 0 Å². The van der Waals surface area contributed by atoms with E-state index in [1.54, 1.807) is 18.4 Å². The lowest BCUT2D eigenvalue weighted by Crippen LogP contribution is -2.32. The fraction of sp³-hybridized carbons (Fsp3) is 0.533. The van der Waals surface area contributed by atoms with Crippen molar-refractivity contribution >= 4 is 12.0 Å². The molecule has 1 amide bonds. The highest BCUT2D eigenvalue weighted by Gasteiger charge is 2.37. The van der Waals surface area contributed by atoms with Crippen molar-refractivity contribution in [1.82, 2.24) is 4.90 Å². The summed E-state index contributed by atoms with van der Waals surface area (Å²) < 4.78 is 5.18. The molecule has 0 bridgehead atoms. The van der Waals surface area contributed by atoms with E-state index in [0.717, 1.165) is 32.4 Å². The molecule has 3 rings (SSSR count). The summed E-state index contributed by atoms with van der Waals surface area (Å²) in [7, 11) is 0. The first-order chi connectivity index (χ1) is 9.22. The van der Waals surface area contributed by atoms with Gasteiger partial charge in [0.25, 0.3) is 0 Å². The number of hydrogen-bond acceptors (Lipinski definition) is 3. The molecule has 0 spiro atoms. The van der Waals surface area contributed by atoms with Crippen molar-refractivity contribution in [2.75, 3.05) is 13.1 Å². The molecule has 4 nitrogen and oxygen atoms in total. The lowest BCUT2D eigenvalue weighted by atomic mass is 9.79. The highest BCUT2D eigenvalue weighted by atomic mass is 16.3. The van der Waals surface area contributed by atoms with Gasteiger partial charge in [0, 0.05) is 25.2 Å². The van der Waals surface area contributed by atoms with Crippen LogP contribution in [0.25, 0.3) is 6.08 Å². The molecule has 2 fully saturated rings. The number of nitrogens with zero attached hydrogens (tertiary/aromatic N) is 1. The third kappa shape index (κ3) is 2.73. The Bertz CT molecular complexity index is 466. The summed E-state index contributed by atoms with van der Waals surface area (Å²) in [4.78, 5) is 14.1. The van der Waals surface area contributed by atoms with E-state index >= 15 is 0 Å². The highest BCUT2D eigenvalue weighted by Crippen LogP contribution is 2.35. The summed E-state index contributed by atoms with van der Waals surface area (Å²) in [6.07, 6.45) is 8.28. The molecule has 1 aliphatic heterocycles. The average Bonchev–Trinajstić information content (AvgIpc) is 3.04. The SMILES string of the molecule is NC1CC[C@@H]2CN(C(=O)/C=C/c3ccco3)C[C@@H]2C1. The van der Waals surface area contributed by atoms with Crippen LogP contribution in [0.3, 0.4) is 0 Å². The van der Waals surface area contributed by atoms with Crippen LogP contribution < -0.4 is 5.73 Å². The molecule has 1 aromatic heterocycles. The van der Waals surface area contributed by atoms with E-state index in [4.69, 9.17) is 10.2 Å². The van der Waals surface area contributed by atoms with E-state index < -0.39 is 0 Å². The smallest absolute Gasteiger partial charge is 0.246 e. The van der Waals surface area contributed by atoms with Gasteiger partial charge in [-0.15, -0.1) is 0 Å². The third-order valence-electron chi connectivity index (χ3n) is 4.34. The van der Waals surface area contributed by atoms with Gasteiger partial charge in [-0.25, -0.2) is 0 Å². The predicted molar refractivity (Wildman–Crippen MR) is 73.1 cm³/mol. The van der Waals surface area contributed by atoms with Crippen LogP contribution in [0.1, 0.15) is 25.0 Å². The Kier molecular flexibility index (Phi) is 3.42. The van der Waals surface area contributed by atoms with Gasteiger partial charge in [0.2, 0.25) is 5.91 Å². The number of nitrogens with two attached hydrogens (primary N) is 1. The summed E-state index contributed by atoms with van der Waals surface area (Å²) in [6.45, 7) is 1.75. The molecule has 3 atom stereocenters. The summed E-state index contributed by atoms with van der Waals surface area (Å²) in [5.41, 5.74) is 6.01. The maximum atomic E-state index is 12.1. The molecular formula is C15H20N2O2. The molecule has 2 heterocycles. The van der Waals surface area contributed by atoms with Gasteiger partial charge in [0.1, 0.15) is 5.76 Å². The lowest BCUT2D eigenvalue weighted by Gasteiger charge is -2.27. The molecule has 0 aromatic carbocycles. The van der Waals surface area contributed by atoms with Crippen molar-refractivity contribution in [2.45, 2.75) is 25.3 Å². The number of hydrogen-bond donors (Lipinski definition) is 1. The van der Waals surface area contributed by atoms with Gasteiger partial charge in [-0.3, -0.25) is 4.79 Å². The quantitative estimate of drug-likeness (QED) is 0.826. The Balaban J connectivity index is 1.60. The molecule has 102 valence electrons. The number of carbonyl (C=O) groups is 1. The summed E-state index contributed by atoms with van der Waals surface area (Å²) >= 11 is 0. The van der Waals surface area contributed by atoms with Crippen LogP contribution >= 0.6 is 0 Å². The topological polar surface area (TPSA) is 59.5 Å². The zero-order valence-electron chi connectivity index (χ0n) is 11.0. The largest absolute Gasteiger partial charge is 0.465 e. The molecule has 1 saturated carbocycles. The van der Waals surface area contributed by atoms with Crippen LogP contribution in [-0.4, -0.2) is 29.9 Å².